The van der Waals surface area contributed by atoms with Crippen LogP contribution >= 0.6 is 0 Å². The summed E-state index contributed by atoms with van der Waals surface area (Å²) in [5.74, 6) is 1.42. The normalized spacial score (nSPS) is 14.8. The molecule has 1 heterocycles. The van der Waals surface area contributed by atoms with Crippen LogP contribution in [0.3, 0.4) is 0 Å². The first-order valence-corrected chi connectivity index (χ1v) is 9.31. The smallest absolute Gasteiger partial charge is 0.331 e. The summed E-state index contributed by atoms with van der Waals surface area (Å²) in [4.78, 5) is 23.9. The largest absolute Gasteiger partial charge is 0.497 e. The van der Waals surface area contributed by atoms with Crippen LogP contribution in [-0.4, -0.2) is 52.0 Å². The van der Waals surface area contributed by atoms with Gasteiger partial charge in [-0.2, -0.15) is 0 Å². The molecule has 0 radical (unpaired) electrons. The van der Waals surface area contributed by atoms with Gasteiger partial charge in [0.15, 0.2) is 18.1 Å². The van der Waals surface area contributed by atoms with Crippen LogP contribution < -0.4 is 24.3 Å². The van der Waals surface area contributed by atoms with Crippen molar-refractivity contribution in [3.05, 3.63) is 54.1 Å². The zero-order valence-electron chi connectivity index (χ0n) is 16.8. The van der Waals surface area contributed by atoms with Gasteiger partial charge in [0, 0.05) is 11.6 Å². The third-order valence-corrected chi connectivity index (χ3v) is 4.28. The molecule has 1 unspecified atom stereocenters. The lowest BCUT2D eigenvalue weighted by Gasteiger charge is -2.26. The molecule has 0 aromatic heterocycles. The van der Waals surface area contributed by atoms with Gasteiger partial charge in [0.2, 0.25) is 0 Å². The number of fused-ring (bicyclic) bond motifs is 1. The van der Waals surface area contributed by atoms with E-state index in [1.165, 1.54) is 19.3 Å². The van der Waals surface area contributed by atoms with E-state index in [1.807, 2.05) is 18.2 Å². The minimum atomic E-state index is -0.652. The summed E-state index contributed by atoms with van der Waals surface area (Å²) >= 11 is 0. The number of benzene rings is 2. The molecular formula is C22H23NO7. The number of carbonyl (C=O) groups is 2. The molecule has 1 aliphatic heterocycles. The number of hydrogen-bond donors (Lipinski definition) is 1. The first-order valence-electron chi connectivity index (χ1n) is 9.31. The summed E-state index contributed by atoms with van der Waals surface area (Å²) in [5.41, 5.74) is 0.646. The molecule has 8 heteroatoms. The highest BCUT2D eigenvalue weighted by molar-refractivity contribution is 5.89. The summed E-state index contributed by atoms with van der Waals surface area (Å²) in [6, 6.07) is 12.5. The van der Waals surface area contributed by atoms with Crippen molar-refractivity contribution in [1.29, 1.82) is 0 Å². The number of ether oxygens (including phenoxy) is 5. The lowest BCUT2D eigenvalue weighted by atomic mass is 10.1. The van der Waals surface area contributed by atoms with Crippen molar-refractivity contribution in [1.82, 2.24) is 5.32 Å². The maximum absolute atomic E-state index is 11.9. The highest BCUT2D eigenvalue weighted by Crippen LogP contribution is 2.30. The summed E-state index contributed by atoms with van der Waals surface area (Å²) in [7, 11) is 3.08. The van der Waals surface area contributed by atoms with Crippen molar-refractivity contribution in [2.75, 3.05) is 34.0 Å². The molecule has 2 aromatic rings. The molecule has 30 heavy (non-hydrogen) atoms. The van der Waals surface area contributed by atoms with E-state index in [1.54, 1.807) is 31.4 Å². The van der Waals surface area contributed by atoms with Crippen LogP contribution in [0.2, 0.25) is 0 Å². The zero-order valence-corrected chi connectivity index (χ0v) is 16.8. The minimum Gasteiger partial charge on any atom is -0.497 e. The van der Waals surface area contributed by atoms with E-state index in [2.05, 4.69) is 5.32 Å². The average Bonchev–Trinajstić information content (AvgIpc) is 2.79. The van der Waals surface area contributed by atoms with Crippen LogP contribution in [0.1, 0.15) is 5.56 Å². The monoisotopic (exact) mass is 413 g/mol. The summed E-state index contributed by atoms with van der Waals surface area (Å²) < 4.78 is 26.7. The van der Waals surface area contributed by atoms with E-state index in [4.69, 9.17) is 23.7 Å². The summed E-state index contributed by atoms with van der Waals surface area (Å²) in [6.45, 7) is 0.159. The molecule has 0 saturated heterocycles. The second-order valence-electron chi connectivity index (χ2n) is 6.35. The molecule has 0 spiro atoms. The van der Waals surface area contributed by atoms with Gasteiger partial charge >= 0.3 is 5.97 Å². The van der Waals surface area contributed by atoms with Gasteiger partial charge < -0.3 is 29.0 Å². The summed E-state index contributed by atoms with van der Waals surface area (Å²) in [5, 5.41) is 2.66. The number of amides is 1. The first kappa shape index (κ1) is 21.0. The van der Waals surface area contributed by atoms with Gasteiger partial charge in [-0.1, -0.05) is 12.1 Å². The maximum Gasteiger partial charge on any atom is 0.331 e. The van der Waals surface area contributed by atoms with Crippen LogP contribution in [0, 0.1) is 0 Å². The molecule has 8 nitrogen and oxygen atoms in total. The van der Waals surface area contributed by atoms with Gasteiger partial charge in [-0.25, -0.2) is 4.79 Å². The Labute approximate surface area is 174 Å². The second kappa shape index (κ2) is 10.2. The molecule has 1 aliphatic rings. The maximum atomic E-state index is 11.9. The van der Waals surface area contributed by atoms with Crippen molar-refractivity contribution >= 4 is 18.0 Å². The molecule has 158 valence electrons. The lowest BCUT2D eigenvalue weighted by Crippen LogP contribution is -2.42. The fourth-order valence-electron chi connectivity index (χ4n) is 2.75. The van der Waals surface area contributed by atoms with E-state index in [-0.39, 0.29) is 12.6 Å². The fourth-order valence-corrected chi connectivity index (χ4v) is 2.75. The van der Waals surface area contributed by atoms with Crippen LogP contribution in [0.4, 0.5) is 0 Å². The van der Waals surface area contributed by atoms with Gasteiger partial charge in [0.05, 0.1) is 20.8 Å². The van der Waals surface area contributed by atoms with Gasteiger partial charge in [0.25, 0.3) is 5.91 Å². The Kier molecular flexibility index (Phi) is 7.15. The SMILES string of the molecule is COc1ccc(OC)c(/C=C/C(=O)OCC(=O)NCC2COc3ccccc3O2)c1. The third kappa shape index (κ3) is 5.66. The number of nitrogens with one attached hydrogen (secondary N) is 1. The summed E-state index contributed by atoms with van der Waals surface area (Å²) in [6.07, 6.45) is 2.44. The molecule has 0 bridgehead atoms. The van der Waals surface area contributed by atoms with Crippen molar-refractivity contribution in [3.8, 4) is 23.0 Å². The Hall–Kier alpha value is -3.68. The molecule has 1 amide bonds. The van der Waals surface area contributed by atoms with Crippen LogP contribution in [-0.2, 0) is 14.3 Å². The highest BCUT2D eigenvalue weighted by Gasteiger charge is 2.21. The van der Waals surface area contributed by atoms with Crippen molar-refractivity contribution in [2.45, 2.75) is 6.10 Å². The Bertz CT molecular complexity index is 925. The molecule has 1 N–H and O–H groups in total. The average molecular weight is 413 g/mol. The molecule has 0 fully saturated rings. The van der Waals surface area contributed by atoms with E-state index in [0.29, 0.717) is 35.2 Å². The van der Waals surface area contributed by atoms with E-state index in [9.17, 15) is 9.59 Å². The predicted octanol–water partition coefficient (Wildman–Crippen LogP) is 2.22. The Morgan fingerprint density at radius 1 is 1.13 bits per heavy atom. The van der Waals surface area contributed by atoms with Crippen LogP contribution in [0.5, 0.6) is 23.0 Å². The van der Waals surface area contributed by atoms with Gasteiger partial charge in [-0.15, -0.1) is 0 Å². The minimum absolute atomic E-state index is 0.238. The number of para-hydroxylation sites is 2. The third-order valence-electron chi connectivity index (χ3n) is 4.28. The Balaban J connectivity index is 1.43. The highest BCUT2D eigenvalue weighted by atomic mass is 16.6. The number of rotatable bonds is 8. The molecule has 1 atom stereocenters. The molecule has 0 aliphatic carbocycles. The Morgan fingerprint density at radius 2 is 1.93 bits per heavy atom. The Morgan fingerprint density at radius 3 is 2.70 bits per heavy atom. The van der Waals surface area contributed by atoms with E-state index < -0.39 is 18.5 Å². The van der Waals surface area contributed by atoms with Crippen LogP contribution in [0.25, 0.3) is 6.08 Å². The topological polar surface area (TPSA) is 92.3 Å². The van der Waals surface area contributed by atoms with Gasteiger partial charge in [-0.05, 0) is 36.4 Å². The van der Waals surface area contributed by atoms with E-state index >= 15 is 0 Å². The predicted molar refractivity (Wildman–Crippen MR) is 109 cm³/mol. The van der Waals surface area contributed by atoms with Crippen molar-refractivity contribution in [3.63, 3.8) is 0 Å². The molecule has 2 aromatic carbocycles. The second-order valence-corrected chi connectivity index (χ2v) is 6.35. The quantitative estimate of drug-likeness (QED) is 0.524. The number of methoxy groups -OCH3 is 2. The number of carbonyl (C=O) groups excluding carboxylic acids is 2. The van der Waals surface area contributed by atoms with Crippen molar-refractivity contribution < 1.29 is 33.3 Å². The molecule has 3 rings (SSSR count). The van der Waals surface area contributed by atoms with E-state index in [0.717, 1.165) is 0 Å². The number of esters is 1. The van der Waals surface area contributed by atoms with Gasteiger partial charge in [-0.3, -0.25) is 4.79 Å². The van der Waals surface area contributed by atoms with Gasteiger partial charge in [0.1, 0.15) is 24.2 Å². The standard InChI is InChI=1S/C22H23NO7/c1-26-16-8-9-18(27-2)15(11-16)7-10-22(25)29-14-21(24)23-12-17-13-28-19-5-3-4-6-20(19)30-17/h3-11,17H,12-14H2,1-2H3,(H,23,24)/b10-7+. The number of hydrogen-bond acceptors (Lipinski definition) is 7. The van der Waals surface area contributed by atoms with Crippen molar-refractivity contribution in [2.24, 2.45) is 0 Å². The molecule has 0 saturated carbocycles. The first-order chi connectivity index (χ1) is 14.6. The fraction of sp³-hybridized carbons (Fsp3) is 0.273. The van der Waals surface area contributed by atoms with Crippen LogP contribution in [0.15, 0.2) is 48.5 Å². The lowest BCUT2D eigenvalue weighted by molar-refractivity contribution is -0.143. The zero-order chi connectivity index (χ0) is 21.3. The molecular weight excluding hydrogens is 390 g/mol.